The molecule has 0 saturated heterocycles. The topological polar surface area (TPSA) is 55.4 Å². The molecule has 21 heavy (non-hydrogen) atoms. The highest BCUT2D eigenvalue weighted by Crippen LogP contribution is 2.27. The van der Waals surface area contributed by atoms with Gasteiger partial charge in [-0.2, -0.15) is 8.78 Å². The maximum Gasteiger partial charge on any atom is 0.387 e. The van der Waals surface area contributed by atoms with Gasteiger partial charge < -0.3 is 4.74 Å². The molecule has 0 aliphatic carbocycles. The molecule has 0 aliphatic rings. The first-order valence-corrected chi connectivity index (χ1v) is 8.80. The van der Waals surface area contributed by atoms with Crippen LogP contribution in [0.4, 0.5) is 8.78 Å². The van der Waals surface area contributed by atoms with Gasteiger partial charge in [0.2, 0.25) is 0 Å². The number of thiophene rings is 1. The Morgan fingerprint density at radius 1 is 1.24 bits per heavy atom. The zero-order valence-electron chi connectivity index (χ0n) is 10.4. The van der Waals surface area contributed by atoms with E-state index < -0.39 is 16.6 Å². The highest BCUT2D eigenvalue weighted by molar-refractivity contribution is 9.10. The van der Waals surface area contributed by atoms with Crippen LogP contribution in [0.5, 0.6) is 5.75 Å². The average molecular weight is 398 g/mol. The Labute approximate surface area is 132 Å². The van der Waals surface area contributed by atoms with E-state index in [1.54, 1.807) is 11.4 Å². The van der Waals surface area contributed by atoms with Crippen LogP contribution in [-0.4, -0.2) is 15.0 Å². The molecule has 2 aromatic rings. The summed E-state index contributed by atoms with van der Waals surface area (Å²) in [7, 11) is -3.60. The molecule has 0 atom stereocenters. The van der Waals surface area contributed by atoms with E-state index in [-0.39, 0.29) is 16.5 Å². The molecule has 0 spiro atoms. The highest BCUT2D eigenvalue weighted by atomic mass is 79.9. The molecule has 1 aromatic carbocycles. The van der Waals surface area contributed by atoms with Gasteiger partial charge in [-0.1, -0.05) is 12.1 Å². The highest BCUT2D eigenvalue weighted by Gasteiger charge is 2.18. The van der Waals surface area contributed by atoms with E-state index in [1.807, 2.05) is 0 Å². The average Bonchev–Trinajstić information content (AvgIpc) is 2.84. The Hall–Kier alpha value is -1.03. The fraction of sp³-hybridized carbons (Fsp3) is 0.167. The van der Waals surface area contributed by atoms with E-state index in [2.05, 4.69) is 25.4 Å². The van der Waals surface area contributed by atoms with Crippen molar-refractivity contribution in [2.75, 3.05) is 0 Å². The van der Waals surface area contributed by atoms with Crippen molar-refractivity contribution in [1.29, 1.82) is 0 Å². The number of nitrogens with one attached hydrogen (secondary N) is 1. The molecule has 0 bridgehead atoms. The summed E-state index contributed by atoms with van der Waals surface area (Å²) in [5.74, 6) is 0.0256. The number of hydrogen-bond acceptors (Lipinski definition) is 4. The van der Waals surface area contributed by atoms with Crippen molar-refractivity contribution in [2.45, 2.75) is 17.4 Å². The maximum absolute atomic E-state index is 12.0. The Bertz CT molecular complexity index is 702. The first kappa shape index (κ1) is 16.3. The summed E-state index contributed by atoms with van der Waals surface area (Å²) >= 11 is 4.26. The Morgan fingerprint density at radius 2 is 1.90 bits per heavy atom. The molecular weight excluding hydrogens is 388 g/mol. The molecule has 9 heteroatoms. The Kier molecular flexibility index (Phi) is 5.31. The Morgan fingerprint density at radius 3 is 2.43 bits per heavy atom. The minimum Gasteiger partial charge on any atom is -0.435 e. The molecule has 0 unspecified atom stereocenters. The second kappa shape index (κ2) is 6.82. The van der Waals surface area contributed by atoms with Gasteiger partial charge in [-0.05, 0) is 45.1 Å². The van der Waals surface area contributed by atoms with E-state index in [0.717, 1.165) is 11.3 Å². The zero-order valence-corrected chi connectivity index (χ0v) is 13.6. The van der Waals surface area contributed by atoms with Crippen molar-refractivity contribution in [2.24, 2.45) is 0 Å². The zero-order chi connectivity index (χ0) is 15.5. The van der Waals surface area contributed by atoms with Crippen LogP contribution >= 0.6 is 27.3 Å². The van der Waals surface area contributed by atoms with E-state index in [9.17, 15) is 17.2 Å². The number of rotatable bonds is 6. The van der Waals surface area contributed by atoms with Gasteiger partial charge in [0.25, 0.3) is 10.0 Å². The standard InChI is InChI=1S/C12H10BrF2NO3S2/c13-10-5-6-20-11(10)21(17,18)16-7-8-1-3-9(4-2-8)19-12(14)15/h1-6,12,16H,7H2. The lowest BCUT2D eigenvalue weighted by atomic mass is 10.2. The van der Waals surface area contributed by atoms with E-state index in [4.69, 9.17) is 0 Å². The first-order valence-electron chi connectivity index (χ1n) is 5.65. The molecule has 1 aromatic heterocycles. The van der Waals surface area contributed by atoms with Crippen LogP contribution in [0.2, 0.25) is 0 Å². The summed E-state index contributed by atoms with van der Waals surface area (Å²) in [5.41, 5.74) is 0.632. The first-order chi connectivity index (χ1) is 9.88. The molecule has 1 heterocycles. The van der Waals surface area contributed by atoms with Crippen molar-refractivity contribution >= 4 is 37.3 Å². The second-order valence-electron chi connectivity index (χ2n) is 3.90. The molecule has 0 saturated carbocycles. The molecule has 4 nitrogen and oxygen atoms in total. The van der Waals surface area contributed by atoms with Crippen molar-refractivity contribution in [3.8, 4) is 5.75 Å². The second-order valence-corrected chi connectivity index (χ2v) is 7.64. The van der Waals surface area contributed by atoms with E-state index in [1.165, 1.54) is 24.3 Å². The minimum absolute atomic E-state index is 0.0256. The van der Waals surface area contributed by atoms with Crippen LogP contribution in [0.15, 0.2) is 44.4 Å². The van der Waals surface area contributed by atoms with Crippen molar-refractivity contribution in [3.05, 3.63) is 45.7 Å². The summed E-state index contributed by atoms with van der Waals surface area (Å²) in [5, 5.41) is 1.66. The molecule has 114 valence electrons. The molecule has 0 amide bonds. The summed E-state index contributed by atoms with van der Waals surface area (Å²) in [4.78, 5) is 0. The number of halogens is 3. The Balaban J connectivity index is 2.01. The molecule has 0 aliphatic heterocycles. The van der Waals surface area contributed by atoms with Crippen LogP contribution in [0, 0.1) is 0 Å². The fourth-order valence-electron chi connectivity index (χ4n) is 1.50. The van der Waals surface area contributed by atoms with Crippen molar-refractivity contribution in [3.63, 3.8) is 0 Å². The van der Waals surface area contributed by atoms with Crippen molar-refractivity contribution < 1.29 is 21.9 Å². The SMILES string of the molecule is O=S(=O)(NCc1ccc(OC(F)F)cc1)c1sccc1Br. The number of alkyl halides is 2. The van der Waals surface area contributed by atoms with Gasteiger partial charge in [0.05, 0.1) is 0 Å². The third kappa shape index (κ3) is 4.47. The van der Waals surface area contributed by atoms with E-state index in [0.29, 0.717) is 10.0 Å². The van der Waals surface area contributed by atoms with Gasteiger partial charge in [0.1, 0.15) is 9.96 Å². The number of benzene rings is 1. The van der Waals surface area contributed by atoms with Gasteiger partial charge >= 0.3 is 6.61 Å². The minimum atomic E-state index is -3.60. The summed E-state index contributed by atoms with van der Waals surface area (Å²) < 4.78 is 55.4. The molecule has 0 radical (unpaired) electrons. The van der Waals surface area contributed by atoms with Crippen LogP contribution in [0.25, 0.3) is 0 Å². The molecular formula is C12H10BrF2NO3S2. The maximum atomic E-state index is 12.0. The molecule has 1 N–H and O–H groups in total. The summed E-state index contributed by atoms with van der Waals surface area (Å²) in [6, 6.07) is 7.40. The predicted molar refractivity (Wildman–Crippen MR) is 79.1 cm³/mol. The third-order valence-corrected chi connectivity index (χ3v) is 6.51. The largest absolute Gasteiger partial charge is 0.435 e. The number of hydrogen-bond donors (Lipinski definition) is 1. The lowest BCUT2D eigenvalue weighted by molar-refractivity contribution is -0.0498. The van der Waals surface area contributed by atoms with Crippen LogP contribution in [0.1, 0.15) is 5.56 Å². The van der Waals surface area contributed by atoms with E-state index >= 15 is 0 Å². The third-order valence-electron chi connectivity index (χ3n) is 2.44. The molecule has 2 rings (SSSR count). The van der Waals surface area contributed by atoms with Gasteiger partial charge in [0, 0.05) is 11.0 Å². The van der Waals surface area contributed by atoms with Gasteiger partial charge in [-0.3, -0.25) is 0 Å². The summed E-state index contributed by atoms with van der Waals surface area (Å²) in [6.45, 7) is -2.83. The van der Waals surface area contributed by atoms with Crippen molar-refractivity contribution in [1.82, 2.24) is 4.72 Å². The monoisotopic (exact) mass is 397 g/mol. The van der Waals surface area contributed by atoms with Crippen LogP contribution in [-0.2, 0) is 16.6 Å². The lowest BCUT2D eigenvalue weighted by Crippen LogP contribution is -2.22. The van der Waals surface area contributed by atoms with Gasteiger partial charge in [0.15, 0.2) is 0 Å². The smallest absolute Gasteiger partial charge is 0.387 e. The normalized spacial score (nSPS) is 11.8. The summed E-state index contributed by atoms with van der Waals surface area (Å²) in [6.07, 6.45) is 0. The van der Waals surface area contributed by atoms with Gasteiger partial charge in [-0.25, -0.2) is 13.1 Å². The number of sulfonamides is 1. The van der Waals surface area contributed by atoms with Gasteiger partial charge in [-0.15, -0.1) is 11.3 Å². The van der Waals surface area contributed by atoms with Crippen LogP contribution in [0.3, 0.4) is 0 Å². The fourth-order valence-corrected chi connectivity index (χ4v) is 4.90. The quantitative estimate of drug-likeness (QED) is 0.809. The lowest BCUT2D eigenvalue weighted by Gasteiger charge is -2.07. The number of ether oxygens (including phenoxy) is 1. The molecule has 0 fully saturated rings. The predicted octanol–water partition coefficient (Wildman–Crippen LogP) is 3.59. The van der Waals surface area contributed by atoms with Crippen LogP contribution < -0.4 is 9.46 Å².